The number of carbonyl (C=O) groups excluding carboxylic acids is 1. The third-order valence-electron chi connectivity index (χ3n) is 6.08. The number of likely N-dealkylation sites (tertiary alicyclic amines) is 1. The number of imidazole rings is 1. The third-order valence-corrected chi connectivity index (χ3v) is 6.08. The van der Waals surface area contributed by atoms with Gasteiger partial charge < -0.3 is 15.4 Å². The van der Waals surface area contributed by atoms with E-state index in [0.29, 0.717) is 47.7 Å². The highest BCUT2D eigenvalue weighted by Gasteiger charge is 2.30. The van der Waals surface area contributed by atoms with E-state index in [1.54, 1.807) is 46.0 Å². The number of hydrogen-bond acceptors (Lipinski definition) is 5. The first kappa shape index (κ1) is 22.4. The molecule has 2 aromatic heterocycles. The molecule has 1 aliphatic heterocycles. The second-order valence-electron chi connectivity index (χ2n) is 8.24. The van der Waals surface area contributed by atoms with E-state index in [0.717, 1.165) is 0 Å². The Labute approximate surface area is 200 Å². The first-order valence-electron chi connectivity index (χ1n) is 11.3. The summed E-state index contributed by atoms with van der Waals surface area (Å²) in [5, 5.41) is 0. The number of benzene rings is 2. The third kappa shape index (κ3) is 4.28. The summed E-state index contributed by atoms with van der Waals surface area (Å²) in [6.45, 7) is 0.128. The van der Waals surface area contributed by atoms with Crippen LogP contribution < -0.4 is 16.2 Å². The van der Waals surface area contributed by atoms with Crippen molar-refractivity contribution in [1.82, 2.24) is 19.0 Å². The molecule has 35 heavy (non-hydrogen) atoms. The highest BCUT2D eigenvalue weighted by atomic mass is 19.1. The average Bonchev–Trinajstić information content (AvgIpc) is 3.47. The van der Waals surface area contributed by atoms with Gasteiger partial charge in [-0.05, 0) is 55.0 Å². The van der Waals surface area contributed by atoms with Crippen molar-refractivity contribution >= 4 is 22.8 Å². The number of nitrogens with two attached hydrogens (primary N) is 1. The van der Waals surface area contributed by atoms with Gasteiger partial charge in [0.2, 0.25) is 5.91 Å². The number of para-hydroxylation sites is 1. The Bertz CT molecular complexity index is 1440. The number of halogens is 1. The molecule has 0 saturated carbocycles. The van der Waals surface area contributed by atoms with Crippen LogP contribution in [0.25, 0.3) is 16.7 Å². The van der Waals surface area contributed by atoms with E-state index in [1.165, 1.54) is 16.7 Å². The smallest absolute Gasteiger partial charge is 0.334 e. The lowest BCUT2D eigenvalue weighted by Crippen LogP contribution is -2.31. The minimum Gasteiger partial charge on any atom is -0.457 e. The van der Waals surface area contributed by atoms with Crippen LogP contribution in [0.2, 0.25) is 0 Å². The molecule has 9 heteroatoms. The molecule has 5 rings (SSSR count). The van der Waals surface area contributed by atoms with Crippen LogP contribution in [-0.4, -0.2) is 44.7 Å². The van der Waals surface area contributed by atoms with Crippen molar-refractivity contribution in [1.29, 1.82) is 0 Å². The van der Waals surface area contributed by atoms with Crippen molar-refractivity contribution in [3.05, 3.63) is 89.5 Å². The van der Waals surface area contributed by atoms with Gasteiger partial charge in [-0.2, -0.15) is 0 Å². The maximum Gasteiger partial charge on any atom is 0.334 e. The molecule has 2 aromatic carbocycles. The molecule has 1 fully saturated rings. The van der Waals surface area contributed by atoms with Crippen LogP contribution in [0, 0.1) is 0 Å². The first-order chi connectivity index (χ1) is 17.1. The number of allylic oxidation sites excluding steroid dienone is 1. The van der Waals surface area contributed by atoms with Crippen LogP contribution in [0.15, 0.2) is 83.8 Å². The molecule has 4 aromatic rings. The summed E-state index contributed by atoms with van der Waals surface area (Å²) >= 11 is 0. The number of alkyl halides is 1. The Morgan fingerprint density at radius 3 is 2.60 bits per heavy atom. The van der Waals surface area contributed by atoms with Crippen molar-refractivity contribution in [2.24, 2.45) is 0 Å². The number of fused-ring (bicyclic) bond motifs is 1. The molecule has 1 aliphatic rings. The van der Waals surface area contributed by atoms with Crippen LogP contribution in [0.5, 0.6) is 11.5 Å². The lowest BCUT2D eigenvalue weighted by atomic mass is 10.2. The van der Waals surface area contributed by atoms with E-state index in [2.05, 4.69) is 4.98 Å². The van der Waals surface area contributed by atoms with Crippen molar-refractivity contribution in [3.8, 4) is 17.2 Å². The normalized spacial score (nSPS) is 15.8. The molecular formula is C26H24FN5O3. The Morgan fingerprint density at radius 1 is 1.11 bits per heavy atom. The van der Waals surface area contributed by atoms with Gasteiger partial charge in [0.25, 0.3) is 0 Å². The summed E-state index contributed by atoms with van der Waals surface area (Å²) in [6, 6.07) is 18.1. The molecule has 8 nitrogen and oxygen atoms in total. The zero-order chi connectivity index (χ0) is 24.4. The molecule has 0 radical (unpaired) electrons. The molecule has 2 N–H and O–H groups in total. The minimum atomic E-state index is -0.697. The number of anilines is 1. The van der Waals surface area contributed by atoms with E-state index in [4.69, 9.17) is 10.5 Å². The second kappa shape index (κ2) is 9.46. The predicted molar refractivity (Wildman–Crippen MR) is 132 cm³/mol. The first-order valence-corrected chi connectivity index (χ1v) is 11.3. The van der Waals surface area contributed by atoms with Crippen molar-refractivity contribution < 1.29 is 13.9 Å². The van der Waals surface area contributed by atoms with E-state index in [1.807, 2.05) is 30.3 Å². The van der Waals surface area contributed by atoms with E-state index < -0.39 is 6.67 Å². The summed E-state index contributed by atoms with van der Waals surface area (Å²) in [5.74, 6) is 1.31. The summed E-state index contributed by atoms with van der Waals surface area (Å²) in [6.07, 6.45) is 4.58. The molecule has 1 saturated heterocycles. The molecule has 1 amide bonds. The quantitative estimate of drug-likeness (QED) is 0.429. The zero-order valence-corrected chi connectivity index (χ0v) is 18.9. The molecular weight excluding hydrogens is 449 g/mol. The molecule has 0 spiro atoms. The Hall–Kier alpha value is -4.40. The molecule has 0 bridgehead atoms. The average molecular weight is 474 g/mol. The fourth-order valence-electron chi connectivity index (χ4n) is 4.47. The van der Waals surface area contributed by atoms with E-state index in [9.17, 15) is 14.0 Å². The standard InChI is InChI=1S/C26H24FN5O3/c27-14-4-7-23(33)30-16-13-19(17-30)31-22-12-15-29-25(28)24(22)32(26(31)34)18-8-10-21(11-9-18)35-20-5-2-1-3-6-20/h1-12,15,19H,13-14,16-17H2,(H2,28,29)/b7-4-/t19-/m0/s1. The van der Waals surface area contributed by atoms with Crippen LogP contribution in [0.1, 0.15) is 12.5 Å². The number of nitrogen functional groups attached to an aromatic ring is 1. The van der Waals surface area contributed by atoms with Crippen LogP contribution >= 0.6 is 0 Å². The van der Waals surface area contributed by atoms with Crippen molar-refractivity contribution in [2.45, 2.75) is 12.5 Å². The molecule has 0 aliphatic carbocycles. The summed E-state index contributed by atoms with van der Waals surface area (Å²) in [4.78, 5) is 31.8. The number of carbonyl (C=O) groups is 1. The summed E-state index contributed by atoms with van der Waals surface area (Å²) in [7, 11) is 0. The van der Waals surface area contributed by atoms with Gasteiger partial charge in [-0.1, -0.05) is 18.2 Å². The topological polar surface area (TPSA) is 95.4 Å². The fourth-order valence-corrected chi connectivity index (χ4v) is 4.47. The molecule has 178 valence electrons. The second-order valence-corrected chi connectivity index (χ2v) is 8.24. The SMILES string of the molecule is Nc1nccc2c1n(-c1ccc(Oc3ccccc3)cc1)c(=O)n2[C@H]1CCN(C(=O)/C=C\CF)C1. The molecule has 1 atom stereocenters. The van der Waals surface area contributed by atoms with E-state index >= 15 is 0 Å². The van der Waals surface area contributed by atoms with Crippen molar-refractivity contribution in [2.75, 3.05) is 25.5 Å². The lowest BCUT2D eigenvalue weighted by molar-refractivity contribution is -0.125. The maximum atomic E-state index is 13.7. The Morgan fingerprint density at radius 2 is 1.86 bits per heavy atom. The van der Waals surface area contributed by atoms with Gasteiger partial charge in [0.05, 0.1) is 17.2 Å². The van der Waals surface area contributed by atoms with Crippen LogP contribution in [0.4, 0.5) is 10.2 Å². The lowest BCUT2D eigenvalue weighted by Gasteiger charge is -2.15. The van der Waals surface area contributed by atoms with Gasteiger partial charge in [0, 0.05) is 25.4 Å². The number of amides is 1. The number of aromatic nitrogens is 3. The van der Waals surface area contributed by atoms with Gasteiger partial charge in [-0.15, -0.1) is 0 Å². The van der Waals surface area contributed by atoms with Crippen LogP contribution in [-0.2, 0) is 4.79 Å². The van der Waals surface area contributed by atoms with E-state index in [-0.39, 0.29) is 23.5 Å². The van der Waals surface area contributed by atoms with Crippen molar-refractivity contribution in [3.63, 3.8) is 0 Å². The predicted octanol–water partition coefficient (Wildman–Crippen LogP) is 3.86. The number of ether oxygens (including phenoxy) is 1. The van der Waals surface area contributed by atoms with Crippen LogP contribution in [0.3, 0.4) is 0 Å². The number of hydrogen-bond donors (Lipinski definition) is 1. The minimum absolute atomic E-state index is 0.236. The highest BCUT2D eigenvalue weighted by molar-refractivity contribution is 5.88. The number of nitrogens with zero attached hydrogens (tertiary/aromatic N) is 4. The molecule has 0 unspecified atom stereocenters. The fraction of sp³-hybridized carbons (Fsp3) is 0.192. The summed E-state index contributed by atoms with van der Waals surface area (Å²) in [5.41, 5.74) is 7.73. The van der Waals surface area contributed by atoms with Gasteiger partial charge in [-0.25, -0.2) is 14.2 Å². The highest BCUT2D eigenvalue weighted by Crippen LogP contribution is 2.29. The molecule has 3 heterocycles. The zero-order valence-electron chi connectivity index (χ0n) is 18.9. The van der Waals surface area contributed by atoms with Gasteiger partial charge in [0.1, 0.15) is 29.5 Å². The number of pyridine rings is 1. The summed E-state index contributed by atoms with van der Waals surface area (Å²) < 4.78 is 21.5. The monoisotopic (exact) mass is 473 g/mol. The Kier molecular flexibility index (Phi) is 6.05. The van der Waals surface area contributed by atoms with Gasteiger partial charge in [0.15, 0.2) is 0 Å². The maximum absolute atomic E-state index is 13.7. The largest absolute Gasteiger partial charge is 0.457 e. The van der Waals surface area contributed by atoms with Gasteiger partial charge >= 0.3 is 5.69 Å². The Balaban J connectivity index is 1.51. The number of rotatable bonds is 6. The van der Waals surface area contributed by atoms with Gasteiger partial charge in [-0.3, -0.25) is 13.9 Å².